The van der Waals surface area contributed by atoms with Gasteiger partial charge in [-0.2, -0.15) is 13.2 Å². The van der Waals surface area contributed by atoms with Crippen LogP contribution in [0.2, 0.25) is 0 Å². The summed E-state index contributed by atoms with van der Waals surface area (Å²) in [4.78, 5) is 12.7. The first-order valence-corrected chi connectivity index (χ1v) is 8.01. The molecule has 0 unspecified atom stereocenters. The van der Waals surface area contributed by atoms with Crippen LogP contribution in [0.4, 0.5) is 13.2 Å². The number of benzene rings is 2. The first-order chi connectivity index (χ1) is 11.8. The monoisotopic (exact) mass is 349 g/mol. The number of hydrogen-bond donors (Lipinski definition) is 1. The van der Waals surface area contributed by atoms with Crippen molar-refractivity contribution >= 4 is 5.97 Å². The molecule has 1 N–H and O–H groups in total. The maximum absolute atomic E-state index is 13.0. The van der Waals surface area contributed by atoms with Gasteiger partial charge in [0.05, 0.1) is 11.8 Å². The lowest BCUT2D eigenvalue weighted by Gasteiger charge is -2.18. The van der Waals surface area contributed by atoms with Crippen LogP contribution in [0.3, 0.4) is 0 Å². The van der Waals surface area contributed by atoms with E-state index >= 15 is 0 Å². The molecule has 0 radical (unpaired) electrons. The summed E-state index contributed by atoms with van der Waals surface area (Å²) >= 11 is 0. The van der Waals surface area contributed by atoms with Gasteiger partial charge < -0.3 is 5.11 Å². The van der Waals surface area contributed by atoms with Crippen LogP contribution in [0.25, 0.3) is 11.1 Å². The van der Waals surface area contributed by atoms with Crippen LogP contribution in [0.1, 0.15) is 5.56 Å². The highest BCUT2D eigenvalue weighted by atomic mass is 19.4. The van der Waals surface area contributed by atoms with E-state index in [2.05, 4.69) is 0 Å². The Kier molecular flexibility index (Phi) is 4.81. The van der Waals surface area contributed by atoms with Crippen molar-refractivity contribution in [2.45, 2.75) is 12.7 Å². The Labute approximate surface area is 143 Å². The van der Waals surface area contributed by atoms with Crippen molar-refractivity contribution in [1.29, 1.82) is 0 Å². The van der Waals surface area contributed by atoms with Gasteiger partial charge >= 0.3 is 12.1 Å². The highest BCUT2D eigenvalue weighted by Crippen LogP contribution is 2.38. The molecular weight excluding hydrogens is 331 g/mol. The molecule has 0 saturated carbocycles. The molecule has 1 aliphatic heterocycles. The fourth-order valence-corrected chi connectivity index (χ4v) is 3.29. The van der Waals surface area contributed by atoms with Gasteiger partial charge in [0.1, 0.15) is 0 Å². The number of hydrogen-bond acceptors (Lipinski definition) is 2. The van der Waals surface area contributed by atoms with Gasteiger partial charge in [0.15, 0.2) is 0 Å². The van der Waals surface area contributed by atoms with Crippen LogP contribution >= 0.6 is 0 Å². The summed E-state index contributed by atoms with van der Waals surface area (Å²) in [5.41, 5.74) is 2.97. The van der Waals surface area contributed by atoms with Gasteiger partial charge in [-0.3, -0.25) is 9.69 Å². The van der Waals surface area contributed by atoms with E-state index in [1.807, 2.05) is 54.6 Å². The molecule has 1 saturated heterocycles. The highest BCUT2D eigenvalue weighted by molar-refractivity contribution is 5.71. The standard InChI is InChI=1S/C19H18F3NO2/c20-19(21,22)17-12-23(11-16(17)18(24)25)10-13-6-8-15(9-7-13)14-4-2-1-3-5-14/h1-9,16-17H,10-12H2,(H,24,25)/t16-,17-/m1/s1. The quantitative estimate of drug-likeness (QED) is 0.905. The molecule has 6 heteroatoms. The van der Waals surface area contributed by atoms with Crippen molar-refractivity contribution in [1.82, 2.24) is 4.90 Å². The Morgan fingerprint density at radius 2 is 1.60 bits per heavy atom. The van der Waals surface area contributed by atoms with Gasteiger partial charge in [0, 0.05) is 19.6 Å². The Bertz CT molecular complexity index is 729. The molecule has 1 heterocycles. The van der Waals surface area contributed by atoms with Crippen molar-refractivity contribution in [2.75, 3.05) is 13.1 Å². The maximum atomic E-state index is 13.0. The minimum absolute atomic E-state index is 0.0834. The lowest BCUT2D eigenvalue weighted by Crippen LogP contribution is -2.33. The summed E-state index contributed by atoms with van der Waals surface area (Å²) in [7, 11) is 0. The SMILES string of the molecule is O=C(O)[C@@H]1CN(Cc2ccc(-c3ccccc3)cc2)C[C@H]1C(F)(F)F. The zero-order valence-electron chi connectivity index (χ0n) is 13.4. The number of rotatable bonds is 4. The van der Waals surface area contributed by atoms with E-state index < -0.39 is 24.0 Å². The van der Waals surface area contributed by atoms with Crippen molar-refractivity contribution < 1.29 is 23.1 Å². The molecule has 3 nitrogen and oxygen atoms in total. The largest absolute Gasteiger partial charge is 0.481 e. The van der Waals surface area contributed by atoms with E-state index in [0.717, 1.165) is 16.7 Å². The summed E-state index contributed by atoms with van der Waals surface area (Å²) in [6, 6.07) is 17.4. The Morgan fingerprint density at radius 3 is 2.12 bits per heavy atom. The van der Waals surface area contributed by atoms with Gasteiger partial charge in [-0.25, -0.2) is 0 Å². The van der Waals surface area contributed by atoms with E-state index in [4.69, 9.17) is 5.11 Å². The number of nitrogens with zero attached hydrogens (tertiary/aromatic N) is 1. The molecule has 0 amide bonds. The number of carbonyl (C=O) groups is 1. The van der Waals surface area contributed by atoms with Crippen molar-refractivity contribution in [3.8, 4) is 11.1 Å². The van der Waals surface area contributed by atoms with Crippen LogP contribution in [0.15, 0.2) is 54.6 Å². The van der Waals surface area contributed by atoms with E-state index in [-0.39, 0.29) is 13.1 Å². The van der Waals surface area contributed by atoms with E-state index in [9.17, 15) is 18.0 Å². The van der Waals surface area contributed by atoms with Crippen LogP contribution in [0.5, 0.6) is 0 Å². The number of aliphatic carboxylic acids is 1. The fraction of sp³-hybridized carbons (Fsp3) is 0.316. The highest BCUT2D eigenvalue weighted by Gasteiger charge is 2.52. The molecule has 0 bridgehead atoms. The van der Waals surface area contributed by atoms with Crippen molar-refractivity contribution in [3.05, 3.63) is 60.2 Å². The maximum Gasteiger partial charge on any atom is 0.393 e. The van der Waals surface area contributed by atoms with Gasteiger partial charge in [0.2, 0.25) is 0 Å². The first-order valence-electron chi connectivity index (χ1n) is 8.01. The van der Waals surface area contributed by atoms with E-state index in [1.165, 1.54) is 0 Å². The Balaban J connectivity index is 1.70. The van der Waals surface area contributed by atoms with Gasteiger partial charge in [-0.15, -0.1) is 0 Å². The molecule has 0 aliphatic carbocycles. The summed E-state index contributed by atoms with van der Waals surface area (Å²) in [5, 5.41) is 9.07. The third-order valence-corrected chi connectivity index (χ3v) is 4.60. The second-order valence-electron chi connectivity index (χ2n) is 6.35. The number of carboxylic acids is 1. The average Bonchev–Trinajstić information content (AvgIpc) is 3.01. The number of carboxylic acid groups (broad SMARTS) is 1. The molecular formula is C19H18F3NO2. The Hall–Kier alpha value is -2.34. The third-order valence-electron chi connectivity index (χ3n) is 4.60. The van der Waals surface area contributed by atoms with Crippen LogP contribution in [0, 0.1) is 11.8 Å². The summed E-state index contributed by atoms with van der Waals surface area (Å²) < 4.78 is 39.1. The second kappa shape index (κ2) is 6.88. The first kappa shape index (κ1) is 17.5. The van der Waals surface area contributed by atoms with Crippen LogP contribution in [-0.2, 0) is 11.3 Å². The molecule has 2 aromatic carbocycles. The van der Waals surface area contributed by atoms with Crippen LogP contribution < -0.4 is 0 Å². The molecule has 1 aliphatic rings. The molecule has 0 spiro atoms. The molecule has 3 rings (SSSR count). The minimum atomic E-state index is -4.49. The van der Waals surface area contributed by atoms with Crippen molar-refractivity contribution in [2.24, 2.45) is 11.8 Å². The third kappa shape index (κ3) is 4.02. The molecule has 1 fully saturated rings. The average molecular weight is 349 g/mol. The minimum Gasteiger partial charge on any atom is -0.481 e. The molecule has 2 atom stereocenters. The number of halogens is 3. The predicted molar refractivity (Wildman–Crippen MR) is 87.8 cm³/mol. The normalized spacial score (nSPS) is 21.4. The molecule has 0 aromatic heterocycles. The predicted octanol–water partition coefficient (Wildman–Crippen LogP) is 4.05. The summed E-state index contributed by atoms with van der Waals surface area (Å²) in [6.45, 7) is -0.0493. The van der Waals surface area contributed by atoms with Crippen LogP contribution in [-0.4, -0.2) is 35.2 Å². The lowest BCUT2D eigenvalue weighted by molar-refractivity contribution is -0.188. The fourth-order valence-electron chi connectivity index (χ4n) is 3.29. The van der Waals surface area contributed by atoms with E-state index in [0.29, 0.717) is 6.54 Å². The molecule has 25 heavy (non-hydrogen) atoms. The zero-order valence-corrected chi connectivity index (χ0v) is 13.4. The molecule has 2 aromatic rings. The smallest absolute Gasteiger partial charge is 0.393 e. The summed E-state index contributed by atoms with van der Waals surface area (Å²) in [6.07, 6.45) is -4.49. The summed E-state index contributed by atoms with van der Waals surface area (Å²) in [5.74, 6) is -4.60. The number of alkyl halides is 3. The van der Waals surface area contributed by atoms with Gasteiger partial charge in [-0.05, 0) is 16.7 Å². The topological polar surface area (TPSA) is 40.5 Å². The zero-order chi connectivity index (χ0) is 18.0. The van der Waals surface area contributed by atoms with Gasteiger partial charge in [-0.1, -0.05) is 54.6 Å². The molecule has 132 valence electrons. The van der Waals surface area contributed by atoms with E-state index in [1.54, 1.807) is 4.90 Å². The van der Waals surface area contributed by atoms with Gasteiger partial charge in [0.25, 0.3) is 0 Å². The van der Waals surface area contributed by atoms with Crippen molar-refractivity contribution in [3.63, 3.8) is 0 Å². The second-order valence-corrected chi connectivity index (χ2v) is 6.35. The Morgan fingerprint density at radius 1 is 1.00 bits per heavy atom. The number of likely N-dealkylation sites (tertiary alicyclic amines) is 1. The lowest BCUT2D eigenvalue weighted by atomic mass is 9.96.